The van der Waals surface area contributed by atoms with Crippen LogP contribution in [0.4, 0.5) is 4.39 Å². The topological polar surface area (TPSA) is 57.1 Å². The lowest BCUT2D eigenvalue weighted by Crippen LogP contribution is -2.07. The van der Waals surface area contributed by atoms with E-state index in [1.165, 1.54) is 18.2 Å². The van der Waals surface area contributed by atoms with E-state index in [9.17, 15) is 9.18 Å². The lowest BCUT2D eigenvalue weighted by molar-refractivity contribution is -0.129. The molecule has 0 aromatic heterocycles. The molecule has 7 heteroatoms. The van der Waals surface area contributed by atoms with Crippen molar-refractivity contribution in [3.05, 3.63) is 76.2 Å². The van der Waals surface area contributed by atoms with Gasteiger partial charge in [0.25, 0.3) is 0 Å². The fraction of sp³-hybridized carbons (Fsp3) is 0.182. The van der Waals surface area contributed by atoms with Crippen LogP contribution < -0.4 is 9.47 Å². The van der Waals surface area contributed by atoms with Gasteiger partial charge in [0, 0.05) is 0 Å². The molecule has 0 radical (unpaired) electrons. The van der Waals surface area contributed by atoms with Gasteiger partial charge in [0.05, 0.1) is 17.2 Å². The van der Waals surface area contributed by atoms with Crippen LogP contribution in [0.1, 0.15) is 25.0 Å². The zero-order chi connectivity index (χ0) is 21.0. The Bertz CT molecular complexity index is 1030. The van der Waals surface area contributed by atoms with Crippen molar-refractivity contribution in [2.24, 2.45) is 4.99 Å². The van der Waals surface area contributed by atoms with Crippen LogP contribution in [-0.4, -0.2) is 25.1 Å². The summed E-state index contributed by atoms with van der Waals surface area (Å²) in [6.07, 6.45) is 1.49. The van der Waals surface area contributed by atoms with E-state index >= 15 is 0 Å². The molecule has 0 spiro atoms. The third kappa shape index (κ3) is 4.84. The molecule has 5 nitrogen and oxygen atoms in total. The fourth-order valence-corrected chi connectivity index (χ4v) is 2.86. The Morgan fingerprint density at radius 3 is 2.76 bits per heavy atom. The van der Waals surface area contributed by atoms with Gasteiger partial charge < -0.3 is 14.2 Å². The van der Waals surface area contributed by atoms with Gasteiger partial charge in [0.15, 0.2) is 17.2 Å². The molecule has 1 aliphatic rings. The average molecular weight is 416 g/mol. The van der Waals surface area contributed by atoms with E-state index in [-0.39, 0.29) is 17.2 Å². The Balaban J connectivity index is 1.96. The van der Waals surface area contributed by atoms with Crippen LogP contribution in [0, 0.1) is 5.82 Å². The van der Waals surface area contributed by atoms with Gasteiger partial charge in [-0.15, -0.1) is 0 Å². The van der Waals surface area contributed by atoms with Gasteiger partial charge in [0.1, 0.15) is 12.4 Å². The molecule has 0 saturated carbocycles. The Labute approximate surface area is 173 Å². The molecule has 0 fully saturated rings. The van der Waals surface area contributed by atoms with Crippen molar-refractivity contribution in [2.45, 2.75) is 13.8 Å². The van der Waals surface area contributed by atoms with E-state index in [1.807, 2.05) is 13.8 Å². The number of rotatable bonds is 7. The molecule has 0 saturated heterocycles. The number of aliphatic imine (C=N–C) groups is 1. The van der Waals surface area contributed by atoms with Crippen molar-refractivity contribution in [3.8, 4) is 11.5 Å². The first kappa shape index (κ1) is 20.6. The number of halogens is 2. The molecule has 1 aliphatic heterocycles. The molecule has 0 N–H and O–H groups in total. The molecule has 1 heterocycles. The average Bonchev–Trinajstić information content (AvgIpc) is 3.01. The maximum atomic E-state index is 13.9. The van der Waals surface area contributed by atoms with E-state index in [0.29, 0.717) is 35.3 Å². The van der Waals surface area contributed by atoms with Crippen LogP contribution >= 0.6 is 11.6 Å². The van der Waals surface area contributed by atoms with Crippen molar-refractivity contribution in [1.29, 1.82) is 0 Å². The molecule has 150 valence electrons. The quantitative estimate of drug-likeness (QED) is 0.355. The molecule has 2 aromatic carbocycles. The van der Waals surface area contributed by atoms with Crippen LogP contribution in [-0.2, 0) is 9.53 Å². The highest BCUT2D eigenvalue weighted by molar-refractivity contribution is 6.32. The molecule has 0 atom stereocenters. The van der Waals surface area contributed by atoms with E-state index in [0.717, 1.165) is 5.57 Å². The van der Waals surface area contributed by atoms with E-state index in [2.05, 4.69) is 11.6 Å². The zero-order valence-corrected chi connectivity index (χ0v) is 16.8. The number of esters is 1. The summed E-state index contributed by atoms with van der Waals surface area (Å²) in [5, 5.41) is 0.314. The standard InChI is InChI=1S/C22H19ClFNO4/c1-4-27-19-11-14(9-16(23)20(19)28-12-13(2)3)10-18-22(26)29-21(25-18)15-7-5-6-8-17(15)24/h5-11H,2,4,12H2,1,3H3/b18-10-. The first-order valence-corrected chi connectivity index (χ1v) is 9.27. The Hall–Kier alpha value is -3.12. The molecule has 0 unspecified atom stereocenters. The Morgan fingerprint density at radius 2 is 2.07 bits per heavy atom. The Kier molecular flexibility index (Phi) is 6.34. The van der Waals surface area contributed by atoms with Crippen LogP contribution in [0.15, 0.2) is 59.2 Å². The summed E-state index contributed by atoms with van der Waals surface area (Å²) in [4.78, 5) is 16.3. The molecule has 0 aliphatic carbocycles. The molecular weight excluding hydrogens is 397 g/mol. The minimum absolute atomic E-state index is 0.0253. The number of carbonyl (C=O) groups is 1. The van der Waals surface area contributed by atoms with Gasteiger partial charge in [-0.2, -0.15) is 0 Å². The number of carbonyl (C=O) groups excluding carboxylic acids is 1. The number of nitrogens with zero attached hydrogens (tertiary/aromatic N) is 1. The maximum absolute atomic E-state index is 13.9. The summed E-state index contributed by atoms with van der Waals surface area (Å²) >= 11 is 6.36. The summed E-state index contributed by atoms with van der Waals surface area (Å²) in [6.45, 7) is 8.16. The van der Waals surface area contributed by atoms with Crippen LogP contribution in [0.2, 0.25) is 5.02 Å². The van der Waals surface area contributed by atoms with Crippen molar-refractivity contribution < 1.29 is 23.4 Å². The third-order valence-electron chi connectivity index (χ3n) is 3.82. The van der Waals surface area contributed by atoms with Gasteiger partial charge in [-0.3, -0.25) is 0 Å². The first-order chi connectivity index (χ1) is 13.9. The minimum Gasteiger partial charge on any atom is -0.490 e. The largest absolute Gasteiger partial charge is 0.490 e. The molecule has 0 bridgehead atoms. The molecule has 2 aromatic rings. The van der Waals surface area contributed by atoms with Crippen molar-refractivity contribution >= 4 is 29.5 Å². The summed E-state index contributed by atoms with van der Waals surface area (Å²) in [5.74, 6) is -0.473. The smallest absolute Gasteiger partial charge is 0.363 e. The van der Waals surface area contributed by atoms with Crippen molar-refractivity contribution in [2.75, 3.05) is 13.2 Å². The minimum atomic E-state index is -0.681. The van der Waals surface area contributed by atoms with E-state index in [1.54, 1.807) is 24.3 Å². The van der Waals surface area contributed by atoms with E-state index < -0.39 is 11.8 Å². The summed E-state index contributed by atoms with van der Waals surface area (Å²) in [6, 6.07) is 9.23. The number of hydrogen-bond acceptors (Lipinski definition) is 5. The van der Waals surface area contributed by atoms with Gasteiger partial charge in [0.2, 0.25) is 5.90 Å². The second-order valence-electron chi connectivity index (χ2n) is 6.32. The fourth-order valence-electron chi connectivity index (χ4n) is 2.59. The Morgan fingerprint density at radius 1 is 1.31 bits per heavy atom. The van der Waals surface area contributed by atoms with E-state index in [4.69, 9.17) is 25.8 Å². The summed E-state index contributed by atoms with van der Waals surface area (Å²) in [7, 11) is 0. The van der Waals surface area contributed by atoms with Gasteiger partial charge >= 0.3 is 5.97 Å². The molecular formula is C22H19ClFNO4. The number of benzene rings is 2. The van der Waals surface area contributed by atoms with Gasteiger partial charge in [-0.25, -0.2) is 14.2 Å². The van der Waals surface area contributed by atoms with Crippen molar-refractivity contribution in [1.82, 2.24) is 0 Å². The van der Waals surface area contributed by atoms with Gasteiger partial charge in [-0.05, 0) is 55.3 Å². The van der Waals surface area contributed by atoms with Crippen molar-refractivity contribution in [3.63, 3.8) is 0 Å². The summed E-state index contributed by atoms with van der Waals surface area (Å²) in [5.41, 5.74) is 1.53. The predicted molar refractivity (Wildman–Crippen MR) is 110 cm³/mol. The number of cyclic esters (lactones) is 1. The predicted octanol–water partition coefficient (Wildman–Crippen LogP) is 5.18. The normalized spacial score (nSPS) is 14.6. The van der Waals surface area contributed by atoms with Gasteiger partial charge in [-0.1, -0.05) is 30.3 Å². The third-order valence-corrected chi connectivity index (χ3v) is 4.10. The number of ether oxygens (including phenoxy) is 3. The highest BCUT2D eigenvalue weighted by atomic mass is 35.5. The first-order valence-electron chi connectivity index (χ1n) is 8.90. The molecule has 3 rings (SSSR count). The second-order valence-corrected chi connectivity index (χ2v) is 6.73. The zero-order valence-electron chi connectivity index (χ0n) is 16.0. The lowest BCUT2D eigenvalue weighted by atomic mass is 10.1. The van der Waals surface area contributed by atoms with Crippen LogP contribution in [0.3, 0.4) is 0 Å². The highest BCUT2D eigenvalue weighted by Gasteiger charge is 2.26. The van der Waals surface area contributed by atoms with Crippen LogP contribution in [0.25, 0.3) is 6.08 Å². The second kappa shape index (κ2) is 8.92. The van der Waals surface area contributed by atoms with Crippen LogP contribution in [0.5, 0.6) is 11.5 Å². The SMILES string of the molecule is C=C(C)COc1c(Cl)cc(/C=C2\N=C(c3ccccc3F)OC2=O)cc1OCC. The lowest BCUT2D eigenvalue weighted by Gasteiger charge is -2.14. The highest BCUT2D eigenvalue weighted by Crippen LogP contribution is 2.38. The number of hydrogen-bond donors (Lipinski definition) is 0. The molecule has 29 heavy (non-hydrogen) atoms. The summed E-state index contributed by atoms with van der Waals surface area (Å²) < 4.78 is 30.4. The monoisotopic (exact) mass is 415 g/mol. The molecule has 0 amide bonds. The maximum Gasteiger partial charge on any atom is 0.363 e.